The highest BCUT2D eigenvalue weighted by molar-refractivity contribution is 6.25. The Hall–Kier alpha value is -5.46. The number of rotatable bonds is 4. The zero-order valence-corrected chi connectivity index (χ0v) is 25.7. The fourth-order valence-corrected chi connectivity index (χ4v) is 8.37. The normalized spacial score (nSPS) is 14.4. The van der Waals surface area contributed by atoms with Crippen molar-refractivity contribution in [3.05, 3.63) is 168 Å². The van der Waals surface area contributed by atoms with Crippen LogP contribution >= 0.6 is 0 Å². The molecule has 0 spiro atoms. The molecule has 0 unspecified atom stereocenters. The molecule has 46 heavy (non-hydrogen) atoms. The van der Waals surface area contributed by atoms with E-state index >= 15 is 0 Å². The van der Waals surface area contributed by atoms with E-state index in [2.05, 4.69) is 146 Å². The average Bonchev–Trinajstić information content (AvgIpc) is 3.55. The fourth-order valence-electron chi connectivity index (χ4n) is 8.37. The van der Waals surface area contributed by atoms with Crippen LogP contribution in [0.3, 0.4) is 0 Å². The van der Waals surface area contributed by atoms with Gasteiger partial charge in [-0.1, -0.05) is 133 Å². The maximum atomic E-state index is 2.45. The Kier molecular flexibility index (Phi) is 5.63. The lowest BCUT2D eigenvalue weighted by atomic mass is 9.87. The van der Waals surface area contributed by atoms with Crippen LogP contribution in [0.15, 0.2) is 146 Å². The number of allylic oxidation sites excluding steroid dienone is 4. The van der Waals surface area contributed by atoms with Crippen LogP contribution in [0.4, 0.5) is 0 Å². The van der Waals surface area contributed by atoms with Gasteiger partial charge in [-0.05, 0) is 137 Å². The predicted octanol–water partition coefficient (Wildman–Crippen LogP) is 12.4. The van der Waals surface area contributed by atoms with Crippen molar-refractivity contribution in [1.82, 2.24) is 0 Å². The van der Waals surface area contributed by atoms with Gasteiger partial charge in [-0.2, -0.15) is 0 Å². The lowest BCUT2D eigenvalue weighted by Gasteiger charge is -2.18. The minimum absolute atomic E-state index is 1.07. The van der Waals surface area contributed by atoms with Crippen molar-refractivity contribution >= 4 is 54.2 Å². The van der Waals surface area contributed by atoms with Gasteiger partial charge in [-0.15, -0.1) is 0 Å². The van der Waals surface area contributed by atoms with Gasteiger partial charge in [0.1, 0.15) is 0 Å². The van der Waals surface area contributed by atoms with Crippen molar-refractivity contribution in [2.75, 3.05) is 0 Å². The molecule has 8 aromatic rings. The second-order valence-corrected chi connectivity index (χ2v) is 13.1. The second kappa shape index (κ2) is 10.0. The van der Waals surface area contributed by atoms with Crippen molar-refractivity contribution in [3.63, 3.8) is 0 Å². The van der Waals surface area contributed by atoms with Crippen molar-refractivity contribution in [1.29, 1.82) is 0 Å². The van der Waals surface area contributed by atoms with E-state index in [4.69, 9.17) is 0 Å². The van der Waals surface area contributed by atoms with Crippen molar-refractivity contribution < 1.29 is 0 Å². The van der Waals surface area contributed by atoms with E-state index < -0.39 is 0 Å². The summed E-state index contributed by atoms with van der Waals surface area (Å²) in [4.78, 5) is 0. The van der Waals surface area contributed by atoms with E-state index in [9.17, 15) is 0 Å². The summed E-state index contributed by atoms with van der Waals surface area (Å²) in [6.07, 6.45) is 9.37. The van der Waals surface area contributed by atoms with Crippen LogP contribution in [-0.2, 0) is 12.8 Å². The maximum Gasteiger partial charge on any atom is -0.00206 e. The molecule has 0 amide bonds. The number of aryl methyl sites for hydroxylation is 2. The molecule has 0 atom stereocenters. The Balaban J connectivity index is 1.04. The van der Waals surface area contributed by atoms with Crippen LogP contribution in [-0.4, -0.2) is 0 Å². The molecule has 0 N–H and O–H groups in total. The Bertz CT molecular complexity index is 2550. The molecule has 0 heterocycles. The highest BCUT2D eigenvalue weighted by Crippen LogP contribution is 2.41. The standard InChI is InChI=1S/C46H32/c1-6-30-17-19-33-21-24-41(43-25-22-31(7-1)45(30)46(33)43)39-14-4-12-37(28-39)35-10-2-9-34(26-35)36-11-3-13-38(27-36)40-23-20-32-18-16-29-8-5-15-42(40)44(29)32/h1-2,4-12,14-15,17,19-28H,3,13,16,18H2. The molecular formula is C46H32. The van der Waals surface area contributed by atoms with E-state index in [1.165, 1.54) is 112 Å². The van der Waals surface area contributed by atoms with Crippen LogP contribution < -0.4 is 0 Å². The van der Waals surface area contributed by atoms with E-state index in [0.29, 0.717) is 0 Å². The first-order chi connectivity index (χ1) is 22.8. The third kappa shape index (κ3) is 3.93. The topological polar surface area (TPSA) is 0 Å². The molecule has 0 aliphatic heterocycles. The van der Waals surface area contributed by atoms with Gasteiger partial charge in [0.05, 0.1) is 0 Å². The summed E-state index contributed by atoms with van der Waals surface area (Å²) < 4.78 is 0. The van der Waals surface area contributed by atoms with Crippen molar-refractivity contribution in [2.45, 2.75) is 25.7 Å². The average molecular weight is 585 g/mol. The highest BCUT2D eigenvalue weighted by atomic mass is 14.2. The second-order valence-electron chi connectivity index (χ2n) is 13.1. The highest BCUT2D eigenvalue weighted by Gasteiger charge is 2.19. The lowest BCUT2D eigenvalue weighted by Crippen LogP contribution is -1.95. The van der Waals surface area contributed by atoms with Crippen LogP contribution in [0.2, 0.25) is 0 Å². The maximum absolute atomic E-state index is 2.45. The van der Waals surface area contributed by atoms with E-state index in [-0.39, 0.29) is 0 Å². The summed E-state index contributed by atoms with van der Waals surface area (Å²) >= 11 is 0. The first-order valence-electron chi connectivity index (χ1n) is 16.6. The number of hydrogen-bond acceptors (Lipinski definition) is 0. The third-order valence-corrected chi connectivity index (χ3v) is 10.6. The largest absolute Gasteiger partial charge is 0.0763 e. The molecule has 0 bridgehead atoms. The molecule has 0 saturated heterocycles. The molecule has 2 aliphatic rings. The van der Waals surface area contributed by atoms with Crippen molar-refractivity contribution in [2.24, 2.45) is 0 Å². The molecule has 0 aromatic heterocycles. The Labute approximate surface area is 269 Å². The molecule has 216 valence electrons. The molecule has 8 aromatic carbocycles. The monoisotopic (exact) mass is 584 g/mol. The zero-order valence-electron chi connectivity index (χ0n) is 25.7. The van der Waals surface area contributed by atoms with Gasteiger partial charge >= 0.3 is 0 Å². The lowest BCUT2D eigenvalue weighted by molar-refractivity contribution is 1.02. The number of benzene rings is 8. The number of hydrogen-bond donors (Lipinski definition) is 0. The van der Waals surface area contributed by atoms with Gasteiger partial charge < -0.3 is 0 Å². The van der Waals surface area contributed by atoms with E-state index in [1.54, 1.807) is 0 Å². The summed E-state index contributed by atoms with van der Waals surface area (Å²) in [6, 6.07) is 50.2. The van der Waals surface area contributed by atoms with Crippen LogP contribution in [0, 0.1) is 0 Å². The summed E-state index contributed by atoms with van der Waals surface area (Å²) in [5, 5.41) is 10.9. The van der Waals surface area contributed by atoms with Crippen LogP contribution in [0.5, 0.6) is 0 Å². The van der Waals surface area contributed by atoms with Gasteiger partial charge in [0.15, 0.2) is 0 Å². The van der Waals surface area contributed by atoms with Gasteiger partial charge in [0.2, 0.25) is 0 Å². The van der Waals surface area contributed by atoms with Crippen LogP contribution in [0.1, 0.15) is 35.1 Å². The zero-order chi connectivity index (χ0) is 30.2. The summed E-state index contributed by atoms with van der Waals surface area (Å²) in [6.45, 7) is 0. The molecule has 2 aliphatic carbocycles. The Morgan fingerprint density at radius 1 is 0.391 bits per heavy atom. The van der Waals surface area contributed by atoms with E-state index in [1.807, 2.05) is 0 Å². The SMILES string of the molecule is C1=C(c2cccc(-c3cccc(-c4ccc5ccc6cccc7ccc4c5c67)c3)c2)C=C(c2ccc3c4c(cccc24)CC3)CC1. The van der Waals surface area contributed by atoms with E-state index in [0.717, 1.165) is 12.8 Å². The van der Waals surface area contributed by atoms with Gasteiger partial charge in [0.25, 0.3) is 0 Å². The van der Waals surface area contributed by atoms with Gasteiger partial charge in [-0.3, -0.25) is 0 Å². The predicted molar refractivity (Wildman–Crippen MR) is 198 cm³/mol. The van der Waals surface area contributed by atoms with Gasteiger partial charge in [0, 0.05) is 0 Å². The van der Waals surface area contributed by atoms with Crippen LogP contribution in [0.25, 0.3) is 76.5 Å². The minimum atomic E-state index is 1.07. The molecular weight excluding hydrogens is 553 g/mol. The third-order valence-electron chi connectivity index (χ3n) is 10.6. The molecule has 10 rings (SSSR count). The molecule has 0 nitrogen and oxygen atoms in total. The molecule has 0 heteroatoms. The molecule has 0 radical (unpaired) electrons. The molecule has 0 fully saturated rings. The minimum Gasteiger partial charge on any atom is -0.0763 e. The smallest absolute Gasteiger partial charge is 0.00206 e. The fraction of sp³-hybridized carbons (Fsp3) is 0.0870. The summed E-state index contributed by atoms with van der Waals surface area (Å²) in [7, 11) is 0. The molecule has 0 saturated carbocycles. The first kappa shape index (κ1) is 25.8. The summed E-state index contributed by atoms with van der Waals surface area (Å²) in [5.41, 5.74) is 13.5. The van der Waals surface area contributed by atoms with Gasteiger partial charge in [-0.25, -0.2) is 0 Å². The summed E-state index contributed by atoms with van der Waals surface area (Å²) in [5.74, 6) is 0. The quantitative estimate of drug-likeness (QED) is 0.181. The van der Waals surface area contributed by atoms with Crippen molar-refractivity contribution in [3.8, 4) is 22.3 Å². The Morgan fingerprint density at radius 3 is 1.85 bits per heavy atom. The first-order valence-corrected chi connectivity index (χ1v) is 16.6. The Morgan fingerprint density at radius 2 is 1.00 bits per heavy atom.